The molecule has 2 fully saturated rings. The van der Waals surface area contributed by atoms with Gasteiger partial charge in [0.1, 0.15) is 17.6 Å². The number of carbonyl (C=O) groups is 3. The number of anilines is 1. The summed E-state index contributed by atoms with van der Waals surface area (Å²) in [7, 11) is 0. The Hall–Kier alpha value is -3.46. The largest absolute Gasteiger partial charge is 0.465 e. The number of hydrogen-bond acceptors (Lipinski definition) is 6. The van der Waals surface area contributed by atoms with E-state index in [1.54, 1.807) is 24.0 Å². The monoisotopic (exact) mass is 590 g/mol. The van der Waals surface area contributed by atoms with Crippen molar-refractivity contribution in [1.82, 2.24) is 4.90 Å². The van der Waals surface area contributed by atoms with Crippen LogP contribution in [0.2, 0.25) is 5.02 Å². The normalized spacial score (nSPS) is 32.5. The number of hydrogen-bond donors (Lipinski definition) is 1. The summed E-state index contributed by atoms with van der Waals surface area (Å²) in [6.45, 7) is 3.68. The molecule has 4 aliphatic rings. The summed E-state index contributed by atoms with van der Waals surface area (Å²) in [5, 5.41) is 11.1. The number of allylic oxidation sites excluding steroid dienone is 1. The molecule has 1 N–H and O–H groups in total. The molecule has 220 valence electrons. The van der Waals surface area contributed by atoms with Crippen molar-refractivity contribution in [3.63, 3.8) is 0 Å². The van der Waals surface area contributed by atoms with Crippen LogP contribution in [0.1, 0.15) is 43.4 Å². The fourth-order valence-corrected chi connectivity index (χ4v) is 7.59. The van der Waals surface area contributed by atoms with Gasteiger partial charge in [0.2, 0.25) is 5.91 Å². The maximum Gasteiger partial charge on any atom is 0.313 e. The van der Waals surface area contributed by atoms with Crippen LogP contribution in [0.3, 0.4) is 0 Å². The quantitative estimate of drug-likeness (QED) is 0.415. The van der Waals surface area contributed by atoms with Crippen molar-refractivity contribution in [2.75, 3.05) is 24.7 Å². The Kier molecular flexibility index (Phi) is 7.50. The highest BCUT2D eigenvalue weighted by molar-refractivity contribution is 6.34. The van der Waals surface area contributed by atoms with Crippen molar-refractivity contribution in [3.05, 3.63) is 89.0 Å². The SMILES string of the molecule is Cc1cccc(Cl)c1N1CC=C[C@]23O[C@]4(C)/C=C\CCCCOC(=O)[C@@H]4[C@H]2C(=O)N([C@H](CO)c2ccccc2)C3C1=O. The molecule has 9 heteroatoms. The zero-order valence-corrected chi connectivity index (χ0v) is 24.5. The van der Waals surface area contributed by atoms with Gasteiger partial charge in [0.05, 0.1) is 41.5 Å². The molecule has 2 aromatic carbocycles. The Labute approximate surface area is 250 Å². The summed E-state index contributed by atoms with van der Waals surface area (Å²) >= 11 is 6.65. The van der Waals surface area contributed by atoms with Crippen molar-refractivity contribution >= 4 is 35.1 Å². The number of cyclic esters (lactones) is 1. The smallest absolute Gasteiger partial charge is 0.313 e. The van der Waals surface area contributed by atoms with E-state index in [1.165, 1.54) is 4.90 Å². The predicted molar refractivity (Wildman–Crippen MR) is 158 cm³/mol. The zero-order valence-electron chi connectivity index (χ0n) is 23.7. The van der Waals surface area contributed by atoms with E-state index in [4.69, 9.17) is 21.1 Å². The molecule has 2 amide bonds. The van der Waals surface area contributed by atoms with Crippen LogP contribution >= 0.6 is 11.6 Å². The van der Waals surface area contributed by atoms with Crippen LogP contribution in [-0.2, 0) is 23.9 Å². The van der Waals surface area contributed by atoms with E-state index >= 15 is 0 Å². The number of likely N-dealkylation sites (tertiary alicyclic amines) is 1. The highest BCUT2D eigenvalue weighted by Gasteiger charge is 2.75. The fourth-order valence-electron chi connectivity index (χ4n) is 7.27. The molecule has 8 nitrogen and oxygen atoms in total. The highest BCUT2D eigenvalue weighted by Crippen LogP contribution is 2.58. The van der Waals surface area contributed by atoms with Crippen LogP contribution < -0.4 is 4.90 Å². The Morgan fingerprint density at radius 1 is 1.00 bits per heavy atom. The van der Waals surface area contributed by atoms with Crippen molar-refractivity contribution in [2.24, 2.45) is 11.8 Å². The molecule has 2 aromatic rings. The van der Waals surface area contributed by atoms with E-state index in [0.717, 1.165) is 18.4 Å². The lowest BCUT2D eigenvalue weighted by molar-refractivity contribution is -0.160. The van der Waals surface area contributed by atoms with Crippen molar-refractivity contribution in [3.8, 4) is 0 Å². The molecule has 4 aliphatic heterocycles. The minimum absolute atomic E-state index is 0.191. The Morgan fingerprint density at radius 3 is 2.52 bits per heavy atom. The van der Waals surface area contributed by atoms with E-state index in [2.05, 4.69) is 0 Å². The summed E-state index contributed by atoms with van der Waals surface area (Å²) in [6, 6.07) is 12.5. The highest BCUT2D eigenvalue weighted by atomic mass is 35.5. The first-order valence-corrected chi connectivity index (χ1v) is 14.9. The molecule has 6 atom stereocenters. The Balaban J connectivity index is 1.56. The zero-order chi connectivity index (χ0) is 29.6. The lowest BCUT2D eigenvalue weighted by Crippen LogP contribution is -2.57. The molecule has 0 bridgehead atoms. The van der Waals surface area contributed by atoms with Crippen molar-refractivity contribution < 1.29 is 29.0 Å². The molecule has 42 heavy (non-hydrogen) atoms. The van der Waals surface area contributed by atoms with Gasteiger partial charge in [0.25, 0.3) is 5.91 Å². The molecule has 0 saturated carbocycles. The number of halogens is 1. The number of aliphatic hydroxyl groups is 1. The van der Waals surface area contributed by atoms with Gasteiger partial charge in [0.15, 0.2) is 0 Å². The first kappa shape index (κ1) is 28.6. The number of fused-ring (bicyclic) bond motifs is 2. The van der Waals surface area contributed by atoms with Crippen LogP contribution in [0.15, 0.2) is 72.8 Å². The van der Waals surface area contributed by atoms with Gasteiger partial charge in [-0.2, -0.15) is 0 Å². The summed E-state index contributed by atoms with van der Waals surface area (Å²) < 4.78 is 12.6. The average Bonchev–Trinajstić information content (AvgIpc) is 3.30. The molecule has 4 heterocycles. The number of para-hydroxylation sites is 1. The number of aryl methyl sites for hydroxylation is 1. The second-order valence-corrected chi connectivity index (χ2v) is 12.1. The molecule has 6 rings (SSSR count). The van der Waals surface area contributed by atoms with Gasteiger partial charge >= 0.3 is 5.97 Å². The van der Waals surface area contributed by atoms with Gasteiger partial charge in [-0.1, -0.05) is 78.4 Å². The summed E-state index contributed by atoms with van der Waals surface area (Å²) in [4.78, 5) is 46.3. The molecular formula is C33H35ClN2O6. The van der Waals surface area contributed by atoms with Gasteiger partial charge < -0.3 is 24.4 Å². The third-order valence-corrected chi connectivity index (χ3v) is 9.39. The van der Waals surface area contributed by atoms with Crippen LogP contribution in [0.5, 0.6) is 0 Å². The van der Waals surface area contributed by atoms with E-state index in [0.29, 0.717) is 22.7 Å². The predicted octanol–water partition coefficient (Wildman–Crippen LogP) is 4.54. The van der Waals surface area contributed by atoms with Gasteiger partial charge in [-0.15, -0.1) is 0 Å². The van der Waals surface area contributed by atoms with E-state index in [9.17, 15) is 19.5 Å². The number of amides is 2. The van der Waals surface area contributed by atoms with Crippen LogP contribution in [-0.4, -0.2) is 64.8 Å². The average molecular weight is 591 g/mol. The van der Waals surface area contributed by atoms with E-state index in [-0.39, 0.29) is 13.2 Å². The third-order valence-electron chi connectivity index (χ3n) is 9.09. The maximum absolute atomic E-state index is 14.9. The Bertz CT molecular complexity index is 1440. The molecule has 0 aliphatic carbocycles. The summed E-state index contributed by atoms with van der Waals surface area (Å²) in [5.41, 5.74) is -0.669. The Morgan fingerprint density at radius 2 is 1.79 bits per heavy atom. The van der Waals surface area contributed by atoms with Crippen LogP contribution in [0.25, 0.3) is 0 Å². The minimum atomic E-state index is -1.49. The number of benzene rings is 2. The van der Waals surface area contributed by atoms with Crippen LogP contribution in [0.4, 0.5) is 5.69 Å². The van der Waals surface area contributed by atoms with Gasteiger partial charge in [-0.25, -0.2) is 0 Å². The van der Waals surface area contributed by atoms with Crippen molar-refractivity contribution in [1.29, 1.82) is 0 Å². The molecule has 0 aromatic heterocycles. The second kappa shape index (κ2) is 11.0. The van der Waals surface area contributed by atoms with Gasteiger partial charge in [0, 0.05) is 6.54 Å². The summed E-state index contributed by atoms with van der Waals surface area (Å²) in [6.07, 6.45) is 9.78. The first-order chi connectivity index (χ1) is 20.2. The second-order valence-electron chi connectivity index (χ2n) is 11.7. The first-order valence-electron chi connectivity index (χ1n) is 14.5. The molecule has 1 unspecified atom stereocenters. The fraction of sp³-hybridized carbons (Fsp3) is 0.424. The van der Waals surface area contributed by atoms with Gasteiger partial charge in [-0.05, 0) is 50.3 Å². The maximum atomic E-state index is 14.9. The van der Waals surface area contributed by atoms with Gasteiger partial charge in [-0.3, -0.25) is 14.4 Å². The third kappa shape index (κ3) is 4.39. The van der Waals surface area contributed by atoms with Crippen molar-refractivity contribution in [2.45, 2.75) is 56.4 Å². The molecule has 1 spiro atoms. The number of carbonyl (C=O) groups excluding carboxylic acids is 3. The van der Waals surface area contributed by atoms with Crippen LogP contribution in [0, 0.1) is 18.8 Å². The number of esters is 1. The lowest BCUT2D eigenvalue weighted by Gasteiger charge is -2.40. The standard InChI is InChI=1S/C33H35ClN2O6/c1-21-12-10-15-23(34)27(21)35-18-11-17-33-25(26-31(40)41-19-9-4-3-8-16-32(26,2)42-33)29(38)36(28(33)30(35)39)24(20-37)22-13-6-5-7-14-22/h5-8,10-17,24-26,28,37H,3-4,9,18-20H2,1-2H3/b16-8-/t24-,25+,26+,28?,32-,33+/m1/s1. The number of ether oxygens (including phenoxy) is 2. The topological polar surface area (TPSA) is 96.4 Å². The minimum Gasteiger partial charge on any atom is -0.465 e. The lowest BCUT2D eigenvalue weighted by atomic mass is 9.74. The summed E-state index contributed by atoms with van der Waals surface area (Å²) in [5.74, 6) is -3.40. The number of aliphatic hydroxyl groups excluding tert-OH is 1. The molecular weight excluding hydrogens is 556 g/mol. The number of rotatable bonds is 4. The molecule has 0 radical (unpaired) electrons. The van der Waals surface area contributed by atoms with E-state index in [1.807, 2.05) is 67.6 Å². The van der Waals surface area contributed by atoms with E-state index < -0.39 is 59.5 Å². The molecule has 2 saturated heterocycles. The number of nitrogens with zero attached hydrogens (tertiary/aromatic N) is 2.